The van der Waals surface area contributed by atoms with Crippen LogP contribution >= 0.6 is 27.5 Å². The number of rotatable bonds is 3. The predicted molar refractivity (Wildman–Crippen MR) is 118 cm³/mol. The van der Waals surface area contributed by atoms with Crippen molar-refractivity contribution in [1.29, 1.82) is 0 Å². The molecule has 0 radical (unpaired) electrons. The molecule has 5 rings (SSSR count). The maximum absolute atomic E-state index is 13.8. The molecule has 4 nitrogen and oxygen atoms in total. The summed E-state index contributed by atoms with van der Waals surface area (Å²) in [5.74, 6) is 1.24. The minimum absolute atomic E-state index is 0.0293. The zero-order valence-corrected chi connectivity index (χ0v) is 18.3. The van der Waals surface area contributed by atoms with Crippen molar-refractivity contribution < 1.29 is 13.9 Å². The summed E-state index contributed by atoms with van der Waals surface area (Å²) in [7, 11) is 1.64. The van der Waals surface area contributed by atoms with E-state index in [0.29, 0.717) is 15.9 Å². The van der Waals surface area contributed by atoms with E-state index in [9.17, 15) is 4.39 Å². The number of methoxy groups -OCH3 is 1. The average molecular weight is 488 g/mol. The average Bonchev–Trinajstić information content (AvgIpc) is 3.21. The molecule has 0 amide bonds. The van der Waals surface area contributed by atoms with Gasteiger partial charge in [0.15, 0.2) is 0 Å². The Hall–Kier alpha value is -2.57. The molecule has 2 aliphatic rings. The molecule has 3 aromatic rings. The quantitative estimate of drug-likeness (QED) is 0.423. The van der Waals surface area contributed by atoms with Crippen molar-refractivity contribution in [3.8, 4) is 11.5 Å². The minimum atomic E-state index is -0.476. The molecule has 7 heteroatoms. The largest absolute Gasteiger partial charge is 0.497 e. The highest BCUT2D eigenvalue weighted by atomic mass is 79.9. The summed E-state index contributed by atoms with van der Waals surface area (Å²) in [4.78, 5) is 0. The number of halogens is 3. The monoisotopic (exact) mass is 486 g/mol. The highest BCUT2D eigenvalue weighted by Gasteiger charge is 2.41. The van der Waals surface area contributed by atoms with Crippen molar-refractivity contribution in [1.82, 2.24) is 5.01 Å². The Morgan fingerprint density at radius 2 is 1.93 bits per heavy atom. The van der Waals surface area contributed by atoms with Gasteiger partial charge in [-0.1, -0.05) is 17.7 Å². The summed E-state index contributed by atoms with van der Waals surface area (Å²) >= 11 is 9.55. The summed E-state index contributed by atoms with van der Waals surface area (Å²) < 4.78 is 25.8. The number of hydrogen-bond acceptors (Lipinski definition) is 4. The lowest BCUT2D eigenvalue weighted by atomic mass is 9.96. The van der Waals surface area contributed by atoms with E-state index in [2.05, 4.69) is 15.9 Å². The number of ether oxygens (including phenoxy) is 2. The van der Waals surface area contributed by atoms with Crippen LogP contribution in [0.1, 0.15) is 35.4 Å². The second kappa shape index (κ2) is 7.60. The summed E-state index contributed by atoms with van der Waals surface area (Å²) in [5.41, 5.74) is 3.78. The summed E-state index contributed by atoms with van der Waals surface area (Å²) in [6.45, 7) is 0. The topological polar surface area (TPSA) is 34.1 Å². The lowest BCUT2D eigenvalue weighted by Crippen LogP contribution is -2.33. The molecule has 0 N–H and O–H groups in total. The van der Waals surface area contributed by atoms with Gasteiger partial charge >= 0.3 is 0 Å². The van der Waals surface area contributed by atoms with Gasteiger partial charge in [0.05, 0.1) is 23.3 Å². The van der Waals surface area contributed by atoms with Gasteiger partial charge in [-0.25, -0.2) is 9.40 Å². The maximum Gasteiger partial charge on any atom is 0.213 e. The molecule has 0 unspecified atom stereocenters. The Morgan fingerprint density at radius 3 is 2.67 bits per heavy atom. The fourth-order valence-electron chi connectivity index (χ4n) is 3.90. The van der Waals surface area contributed by atoms with Crippen molar-refractivity contribution in [2.24, 2.45) is 5.10 Å². The molecule has 0 fully saturated rings. The van der Waals surface area contributed by atoms with Gasteiger partial charge in [0.1, 0.15) is 17.3 Å². The van der Waals surface area contributed by atoms with Crippen molar-refractivity contribution in [3.63, 3.8) is 0 Å². The lowest BCUT2D eigenvalue weighted by Gasteiger charge is -2.38. The van der Waals surface area contributed by atoms with E-state index < -0.39 is 6.23 Å². The summed E-state index contributed by atoms with van der Waals surface area (Å²) in [5, 5.41) is 7.50. The zero-order valence-electron chi connectivity index (χ0n) is 16.0. The van der Waals surface area contributed by atoms with E-state index in [4.69, 9.17) is 26.2 Å². The molecule has 0 saturated heterocycles. The number of hydrazone groups is 1. The van der Waals surface area contributed by atoms with Gasteiger partial charge in [0.2, 0.25) is 6.23 Å². The van der Waals surface area contributed by atoms with E-state index >= 15 is 0 Å². The Labute approximate surface area is 187 Å². The molecule has 0 spiro atoms. The van der Waals surface area contributed by atoms with Crippen LogP contribution in [0.25, 0.3) is 0 Å². The first kappa shape index (κ1) is 19.4. The van der Waals surface area contributed by atoms with Crippen molar-refractivity contribution in [2.45, 2.75) is 18.7 Å². The normalized spacial score (nSPS) is 19.6. The van der Waals surface area contributed by atoms with Crippen LogP contribution in [0.2, 0.25) is 5.02 Å². The van der Waals surface area contributed by atoms with E-state index in [1.54, 1.807) is 19.2 Å². The van der Waals surface area contributed by atoms with Crippen LogP contribution in [0.5, 0.6) is 11.5 Å². The molecule has 0 aliphatic carbocycles. The van der Waals surface area contributed by atoms with E-state index in [1.165, 1.54) is 6.07 Å². The number of fused-ring (bicyclic) bond motifs is 3. The molecular formula is C23H17BrClFN2O2. The first-order chi connectivity index (χ1) is 14.5. The van der Waals surface area contributed by atoms with Crippen LogP contribution in [-0.2, 0) is 0 Å². The molecule has 152 valence electrons. The van der Waals surface area contributed by atoms with Gasteiger partial charge < -0.3 is 9.47 Å². The van der Waals surface area contributed by atoms with Gasteiger partial charge in [0.25, 0.3) is 0 Å². The van der Waals surface area contributed by atoms with Crippen LogP contribution in [-0.4, -0.2) is 17.8 Å². The standard InChI is InChI=1S/C23H17BrClFN2O2/c1-29-16-6-2-13(3-7-16)20-12-21-17-11-15(25)5-9-22(17)30-23(28(21)27-20)14-4-8-19(26)18(24)10-14/h2-11,21,23H,12H2,1H3/t21-,23-/m1/s1. The Balaban J connectivity index is 1.58. The van der Waals surface area contributed by atoms with Crippen LogP contribution in [0.15, 0.2) is 70.2 Å². The summed E-state index contributed by atoms with van der Waals surface area (Å²) in [6, 6.07) is 18.3. The molecule has 3 aromatic carbocycles. The fraction of sp³-hybridized carbons (Fsp3) is 0.174. The SMILES string of the molecule is COc1ccc(C2=NN3[C@H](C2)c2cc(Cl)ccc2O[C@@H]3c2ccc(F)c(Br)c2)cc1. The number of hydrogen-bond donors (Lipinski definition) is 0. The molecule has 0 bridgehead atoms. The Bertz CT molecular complexity index is 1150. The van der Waals surface area contributed by atoms with E-state index in [0.717, 1.165) is 33.9 Å². The second-order valence-corrected chi connectivity index (χ2v) is 8.49. The van der Waals surface area contributed by atoms with Gasteiger partial charge in [-0.2, -0.15) is 5.10 Å². The van der Waals surface area contributed by atoms with Crippen molar-refractivity contribution in [2.75, 3.05) is 7.11 Å². The van der Waals surface area contributed by atoms with Crippen molar-refractivity contribution in [3.05, 3.63) is 92.7 Å². The van der Waals surface area contributed by atoms with Crippen LogP contribution < -0.4 is 9.47 Å². The first-order valence-corrected chi connectivity index (χ1v) is 10.6. The fourth-order valence-corrected chi connectivity index (χ4v) is 4.48. The highest BCUT2D eigenvalue weighted by molar-refractivity contribution is 9.10. The molecular weight excluding hydrogens is 471 g/mol. The Morgan fingerprint density at radius 1 is 1.13 bits per heavy atom. The number of benzene rings is 3. The zero-order chi connectivity index (χ0) is 20.8. The smallest absolute Gasteiger partial charge is 0.213 e. The molecule has 2 aliphatic heterocycles. The third-order valence-electron chi connectivity index (χ3n) is 5.40. The number of nitrogens with zero attached hydrogens (tertiary/aromatic N) is 2. The predicted octanol–water partition coefficient (Wildman–Crippen LogP) is 6.49. The van der Waals surface area contributed by atoms with E-state index in [1.807, 2.05) is 47.5 Å². The Kier molecular flexibility index (Phi) is 4.91. The molecule has 0 aromatic heterocycles. The molecule has 2 atom stereocenters. The van der Waals surface area contributed by atoms with Crippen LogP contribution in [0.3, 0.4) is 0 Å². The molecule has 30 heavy (non-hydrogen) atoms. The summed E-state index contributed by atoms with van der Waals surface area (Å²) in [6.07, 6.45) is 0.235. The first-order valence-electron chi connectivity index (χ1n) is 9.45. The minimum Gasteiger partial charge on any atom is -0.497 e. The van der Waals surface area contributed by atoms with Crippen molar-refractivity contribution >= 4 is 33.2 Å². The third-order valence-corrected chi connectivity index (χ3v) is 6.25. The molecule has 2 heterocycles. The van der Waals surface area contributed by atoms with Gasteiger partial charge in [0, 0.05) is 22.6 Å². The lowest BCUT2D eigenvalue weighted by molar-refractivity contribution is -0.0191. The van der Waals surface area contributed by atoms with Crippen LogP contribution in [0.4, 0.5) is 4.39 Å². The van der Waals surface area contributed by atoms with Crippen LogP contribution in [0, 0.1) is 5.82 Å². The second-order valence-electron chi connectivity index (χ2n) is 7.20. The maximum atomic E-state index is 13.8. The third kappa shape index (κ3) is 3.34. The van der Waals surface area contributed by atoms with Gasteiger partial charge in [-0.15, -0.1) is 0 Å². The molecule has 0 saturated carbocycles. The van der Waals surface area contributed by atoms with Gasteiger partial charge in [-0.3, -0.25) is 0 Å². The van der Waals surface area contributed by atoms with E-state index in [-0.39, 0.29) is 11.9 Å². The highest BCUT2D eigenvalue weighted by Crippen LogP contribution is 2.48. The van der Waals surface area contributed by atoms with Gasteiger partial charge in [-0.05, 0) is 76.1 Å².